The predicted molar refractivity (Wildman–Crippen MR) is 97.7 cm³/mol. The van der Waals surface area contributed by atoms with E-state index in [0.29, 0.717) is 11.3 Å². The Bertz CT molecular complexity index is 1090. The van der Waals surface area contributed by atoms with E-state index in [1.54, 1.807) is 13.2 Å². The zero-order chi connectivity index (χ0) is 17.9. The molecule has 2 N–H and O–H groups in total. The van der Waals surface area contributed by atoms with Crippen molar-refractivity contribution >= 4 is 0 Å². The van der Waals surface area contributed by atoms with E-state index >= 15 is 0 Å². The zero-order valence-corrected chi connectivity index (χ0v) is 13.9. The van der Waals surface area contributed by atoms with Crippen molar-refractivity contribution in [1.29, 1.82) is 0 Å². The Morgan fingerprint density at radius 3 is 2.46 bits per heavy atom. The molecule has 0 aliphatic carbocycles. The van der Waals surface area contributed by atoms with Gasteiger partial charge in [0.2, 0.25) is 5.82 Å². The van der Waals surface area contributed by atoms with Crippen molar-refractivity contribution < 1.29 is 4.74 Å². The molecular weight excluding hydrogens is 330 g/mol. The number of ether oxygens (including phenoxy) is 1. The van der Waals surface area contributed by atoms with Crippen molar-refractivity contribution in [3.8, 4) is 39.5 Å². The second-order valence-electron chi connectivity index (χ2n) is 5.63. The van der Waals surface area contributed by atoms with Crippen LogP contribution in [0.15, 0.2) is 65.5 Å². The van der Waals surface area contributed by atoms with Crippen LogP contribution in [0.5, 0.6) is 5.75 Å². The number of rotatable bonds is 4. The maximum atomic E-state index is 12.4. The summed E-state index contributed by atoms with van der Waals surface area (Å²) in [6.45, 7) is 0. The van der Waals surface area contributed by atoms with Crippen LogP contribution in [0.2, 0.25) is 0 Å². The highest BCUT2D eigenvalue weighted by atomic mass is 16.5. The molecular formula is C19H15N5O2. The van der Waals surface area contributed by atoms with E-state index in [9.17, 15) is 4.79 Å². The summed E-state index contributed by atoms with van der Waals surface area (Å²) in [6.07, 6.45) is 0. The number of methoxy groups -OCH3 is 1. The Hall–Kier alpha value is -3.74. The van der Waals surface area contributed by atoms with Crippen LogP contribution in [0.1, 0.15) is 0 Å². The SMILES string of the molecule is COc1ccc(-c2ccc(-c3nn[nH]n3)c(=O)[nH]2)cc1-c1ccccc1. The van der Waals surface area contributed by atoms with Gasteiger partial charge in [0.05, 0.1) is 12.7 Å². The van der Waals surface area contributed by atoms with Crippen molar-refractivity contribution in [2.45, 2.75) is 0 Å². The van der Waals surface area contributed by atoms with E-state index < -0.39 is 0 Å². The molecule has 0 saturated heterocycles. The number of pyridine rings is 1. The smallest absolute Gasteiger partial charge is 0.259 e. The second kappa shape index (κ2) is 6.64. The molecule has 0 amide bonds. The van der Waals surface area contributed by atoms with Gasteiger partial charge >= 0.3 is 0 Å². The Balaban J connectivity index is 1.79. The molecule has 0 aliphatic heterocycles. The van der Waals surface area contributed by atoms with Gasteiger partial charge in [0, 0.05) is 11.3 Å². The van der Waals surface area contributed by atoms with Crippen LogP contribution in [0.25, 0.3) is 33.8 Å². The molecule has 4 aromatic rings. The van der Waals surface area contributed by atoms with Crippen LogP contribution in [-0.2, 0) is 0 Å². The van der Waals surface area contributed by atoms with Crippen LogP contribution in [-0.4, -0.2) is 32.7 Å². The van der Waals surface area contributed by atoms with Crippen LogP contribution in [0.4, 0.5) is 0 Å². The largest absolute Gasteiger partial charge is 0.496 e. The lowest BCUT2D eigenvalue weighted by Crippen LogP contribution is -2.10. The van der Waals surface area contributed by atoms with Crippen molar-refractivity contribution in [3.05, 3.63) is 71.0 Å². The monoisotopic (exact) mass is 345 g/mol. The van der Waals surface area contributed by atoms with Gasteiger partial charge in [-0.3, -0.25) is 4.79 Å². The minimum absolute atomic E-state index is 0.262. The summed E-state index contributed by atoms with van der Waals surface area (Å²) in [4.78, 5) is 15.3. The Kier molecular flexibility index (Phi) is 4.03. The summed E-state index contributed by atoms with van der Waals surface area (Å²) in [7, 11) is 1.64. The number of hydrogen-bond donors (Lipinski definition) is 2. The van der Waals surface area contributed by atoms with Gasteiger partial charge in [-0.15, -0.1) is 10.2 Å². The summed E-state index contributed by atoms with van der Waals surface area (Å²) in [5.74, 6) is 1.03. The summed E-state index contributed by atoms with van der Waals surface area (Å²) >= 11 is 0. The lowest BCUT2D eigenvalue weighted by Gasteiger charge is -2.11. The molecule has 0 saturated carbocycles. The normalized spacial score (nSPS) is 10.7. The standard InChI is InChI=1S/C19H15N5O2/c1-26-17-10-7-13(11-15(17)12-5-3-2-4-6-12)16-9-8-14(19(25)20-16)18-21-23-24-22-18/h2-11H,1H3,(H,20,25)(H,21,22,23,24). The molecule has 0 unspecified atom stereocenters. The molecule has 0 atom stereocenters. The number of tetrazole rings is 1. The maximum absolute atomic E-state index is 12.4. The fraction of sp³-hybridized carbons (Fsp3) is 0.0526. The third-order valence-electron chi connectivity index (χ3n) is 4.09. The molecule has 2 heterocycles. The number of nitrogens with zero attached hydrogens (tertiary/aromatic N) is 3. The van der Waals surface area contributed by atoms with Gasteiger partial charge in [0.15, 0.2) is 0 Å². The topological polar surface area (TPSA) is 96.6 Å². The first-order valence-corrected chi connectivity index (χ1v) is 7.97. The van der Waals surface area contributed by atoms with E-state index in [2.05, 4.69) is 25.6 Å². The summed E-state index contributed by atoms with van der Waals surface area (Å²) in [5.41, 5.74) is 3.65. The van der Waals surface area contributed by atoms with Crippen molar-refractivity contribution in [1.82, 2.24) is 25.6 Å². The molecule has 2 aromatic heterocycles. The van der Waals surface area contributed by atoms with Gasteiger partial charge < -0.3 is 9.72 Å². The predicted octanol–water partition coefficient (Wildman–Crippen LogP) is 2.90. The molecule has 0 aliphatic rings. The Labute approximate surface area is 148 Å². The van der Waals surface area contributed by atoms with Gasteiger partial charge in [-0.1, -0.05) is 30.3 Å². The molecule has 7 heteroatoms. The average Bonchev–Trinajstić information content (AvgIpc) is 3.22. The van der Waals surface area contributed by atoms with Gasteiger partial charge in [0.25, 0.3) is 5.56 Å². The molecule has 7 nitrogen and oxygen atoms in total. The molecule has 4 rings (SSSR count). The van der Waals surface area contributed by atoms with Crippen molar-refractivity contribution in [3.63, 3.8) is 0 Å². The fourth-order valence-electron chi connectivity index (χ4n) is 2.81. The molecule has 0 fully saturated rings. The van der Waals surface area contributed by atoms with Gasteiger partial charge in [-0.2, -0.15) is 5.21 Å². The molecule has 0 spiro atoms. The van der Waals surface area contributed by atoms with E-state index in [4.69, 9.17) is 4.74 Å². The molecule has 128 valence electrons. The molecule has 26 heavy (non-hydrogen) atoms. The highest BCUT2D eigenvalue weighted by Crippen LogP contribution is 2.33. The Morgan fingerprint density at radius 2 is 1.77 bits per heavy atom. The number of aromatic amines is 2. The van der Waals surface area contributed by atoms with Gasteiger partial charge in [0.1, 0.15) is 5.75 Å². The van der Waals surface area contributed by atoms with Crippen LogP contribution < -0.4 is 10.3 Å². The number of H-pyrrole nitrogens is 2. The number of aromatic nitrogens is 5. The lowest BCUT2D eigenvalue weighted by molar-refractivity contribution is 0.416. The van der Waals surface area contributed by atoms with Gasteiger partial charge in [-0.25, -0.2) is 0 Å². The highest BCUT2D eigenvalue weighted by molar-refractivity contribution is 5.77. The van der Waals surface area contributed by atoms with Crippen LogP contribution >= 0.6 is 0 Å². The van der Waals surface area contributed by atoms with Crippen molar-refractivity contribution in [2.24, 2.45) is 0 Å². The Morgan fingerprint density at radius 1 is 0.923 bits per heavy atom. The molecule has 0 radical (unpaired) electrons. The first kappa shape index (κ1) is 15.8. The van der Waals surface area contributed by atoms with Crippen LogP contribution in [0, 0.1) is 0 Å². The minimum atomic E-state index is -0.277. The highest BCUT2D eigenvalue weighted by Gasteiger charge is 2.12. The average molecular weight is 345 g/mol. The molecule has 2 aromatic carbocycles. The van der Waals surface area contributed by atoms with Crippen molar-refractivity contribution in [2.75, 3.05) is 7.11 Å². The van der Waals surface area contributed by atoms with E-state index in [1.165, 1.54) is 0 Å². The van der Waals surface area contributed by atoms with Gasteiger partial charge in [-0.05, 0) is 46.7 Å². The first-order chi connectivity index (χ1) is 12.8. The number of nitrogens with one attached hydrogen (secondary N) is 2. The molecule has 0 bridgehead atoms. The van der Waals surface area contributed by atoms with E-state index in [-0.39, 0.29) is 11.4 Å². The van der Waals surface area contributed by atoms with E-state index in [0.717, 1.165) is 22.4 Å². The summed E-state index contributed by atoms with van der Waals surface area (Å²) < 4.78 is 5.48. The first-order valence-electron chi connectivity index (χ1n) is 7.97. The maximum Gasteiger partial charge on any atom is 0.259 e. The fourth-order valence-corrected chi connectivity index (χ4v) is 2.81. The van der Waals surface area contributed by atoms with E-state index in [1.807, 2.05) is 54.6 Å². The minimum Gasteiger partial charge on any atom is -0.496 e. The van der Waals surface area contributed by atoms with Crippen LogP contribution in [0.3, 0.4) is 0 Å². The quantitative estimate of drug-likeness (QED) is 0.593. The third kappa shape index (κ3) is 2.86. The summed E-state index contributed by atoms with van der Waals surface area (Å²) in [5, 5.41) is 13.5. The second-order valence-corrected chi connectivity index (χ2v) is 5.63. The third-order valence-corrected chi connectivity index (χ3v) is 4.09. The lowest BCUT2D eigenvalue weighted by atomic mass is 10.00. The summed E-state index contributed by atoms with van der Waals surface area (Å²) in [6, 6.07) is 19.3. The zero-order valence-electron chi connectivity index (χ0n) is 13.9. The number of benzene rings is 2. The number of hydrogen-bond acceptors (Lipinski definition) is 5.